The number of allylic oxidation sites excluding steroid dienone is 2. The summed E-state index contributed by atoms with van der Waals surface area (Å²) >= 11 is 0. The number of rotatable bonds is 2. The molecule has 1 atom stereocenters. The van der Waals surface area contributed by atoms with Gasteiger partial charge in [-0.25, -0.2) is 0 Å². The van der Waals surface area contributed by atoms with E-state index in [9.17, 15) is 0 Å². The molecule has 0 saturated carbocycles. The molecule has 86 valence electrons. The van der Waals surface area contributed by atoms with Crippen molar-refractivity contribution in [3.63, 3.8) is 0 Å². The van der Waals surface area contributed by atoms with Crippen LogP contribution in [0.1, 0.15) is 25.7 Å². The third-order valence-corrected chi connectivity index (χ3v) is 3.71. The Bertz CT molecular complexity index is 213. The van der Waals surface area contributed by atoms with Crippen LogP contribution in [0.5, 0.6) is 0 Å². The maximum Gasteiger partial charge on any atom is 0.0109 e. The van der Waals surface area contributed by atoms with Crippen molar-refractivity contribution in [3.8, 4) is 0 Å². The zero-order valence-electron chi connectivity index (χ0n) is 9.99. The van der Waals surface area contributed by atoms with Crippen LogP contribution in [0.15, 0.2) is 12.2 Å². The largest absolute Gasteiger partial charge is 0.305 e. The molecule has 0 aromatic heterocycles. The van der Waals surface area contributed by atoms with E-state index in [1.807, 2.05) is 0 Å². The predicted molar refractivity (Wildman–Crippen MR) is 65.0 cm³/mol. The SMILES string of the molecule is CN1CCCN(CC2CC=CCC2)CC1. The Kier molecular flexibility index (Phi) is 4.21. The highest BCUT2D eigenvalue weighted by Gasteiger charge is 2.17. The second kappa shape index (κ2) is 5.66. The molecule has 0 radical (unpaired) electrons. The summed E-state index contributed by atoms with van der Waals surface area (Å²) in [6, 6.07) is 0. The second-order valence-electron chi connectivity index (χ2n) is 5.11. The van der Waals surface area contributed by atoms with Crippen LogP contribution in [0.4, 0.5) is 0 Å². The molecule has 1 aliphatic carbocycles. The summed E-state index contributed by atoms with van der Waals surface area (Å²) in [4.78, 5) is 5.13. The predicted octanol–water partition coefficient (Wildman–Crippen LogP) is 1.98. The molecule has 2 rings (SSSR count). The molecule has 0 bridgehead atoms. The Morgan fingerprint density at radius 1 is 1.13 bits per heavy atom. The average Bonchev–Trinajstić information content (AvgIpc) is 2.46. The molecule has 1 unspecified atom stereocenters. The third kappa shape index (κ3) is 3.62. The zero-order chi connectivity index (χ0) is 10.5. The fourth-order valence-electron chi connectivity index (χ4n) is 2.67. The normalized spacial score (nSPS) is 30.3. The van der Waals surface area contributed by atoms with Crippen LogP contribution < -0.4 is 0 Å². The lowest BCUT2D eigenvalue weighted by molar-refractivity contribution is 0.228. The minimum absolute atomic E-state index is 0.929. The van der Waals surface area contributed by atoms with Gasteiger partial charge in [-0.3, -0.25) is 0 Å². The highest BCUT2D eigenvalue weighted by atomic mass is 15.2. The first-order chi connectivity index (χ1) is 7.34. The van der Waals surface area contributed by atoms with Gasteiger partial charge in [-0.2, -0.15) is 0 Å². The smallest absolute Gasteiger partial charge is 0.0109 e. The molecule has 0 amide bonds. The van der Waals surface area contributed by atoms with Crippen LogP contribution in [0.25, 0.3) is 0 Å². The second-order valence-corrected chi connectivity index (χ2v) is 5.11. The van der Waals surface area contributed by atoms with Crippen LogP contribution in [-0.2, 0) is 0 Å². The van der Waals surface area contributed by atoms with Crippen LogP contribution >= 0.6 is 0 Å². The summed E-state index contributed by atoms with van der Waals surface area (Å²) in [6.07, 6.45) is 10.1. The van der Waals surface area contributed by atoms with Gasteiger partial charge in [0, 0.05) is 19.6 Å². The van der Waals surface area contributed by atoms with Gasteiger partial charge in [0.05, 0.1) is 0 Å². The van der Waals surface area contributed by atoms with Gasteiger partial charge in [-0.05, 0) is 51.7 Å². The van der Waals surface area contributed by atoms with Crippen molar-refractivity contribution in [2.75, 3.05) is 39.8 Å². The van der Waals surface area contributed by atoms with Crippen molar-refractivity contribution < 1.29 is 0 Å². The van der Waals surface area contributed by atoms with Gasteiger partial charge in [0.2, 0.25) is 0 Å². The van der Waals surface area contributed by atoms with E-state index in [1.165, 1.54) is 58.4 Å². The lowest BCUT2D eigenvalue weighted by Crippen LogP contribution is -2.33. The van der Waals surface area contributed by atoms with Gasteiger partial charge < -0.3 is 9.80 Å². The van der Waals surface area contributed by atoms with E-state index in [0.717, 1.165) is 5.92 Å². The first-order valence-electron chi connectivity index (χ1n) is 6.40. The molecular weight excluding hydrogens is 184 g/mol. The molecular formula is C13H24N2. The molecule has 2 heteroatoms. The summed E-state index contributed by atoms with van der Waals surface area (Å²) in [7, 11) is 2.24. The van der Waals surface area contributed by atoms with E-state index in [0.29, 0.717) is 0 Å². The topological polar surface area (TPSA) is 6.48 Å². The fourth-order valence-corrected chi connectivity index (χ4v) is 2.67. The summed E-state index contributed by atoms with van der Waals surface area (Å²) in [5.74, 6) is 0.929. The third-order valence-electron chi connectivity index (χ3n) is 3.71. The van der Waals surface area contributed by atoms with Crippen LogP contribution in [0.3, 0.4) is 0 Å². The molecule has 1 saturated heterocycles. The van der Waals surface area contributed by atoms with E-state index < -0.39 is 0 Å². The molecule has 0 spiro atoms. The summed E-state index contributed by atoms with van der Waals surface area (Å²) < 4.78 is 0. The van der Waals surface area contributed by atoms with Crippen molar-refractivity contribution >= 4 is 0 Å². The van der Waals surface area contributed by atoms with Crippen molar-refractivity contribution in [2.45, 2.75) is 25.7 Å². The monoisotopic (exact) mass is 208 g/mol. The van der Waals surface area contributed by atoms with E-state index in [-0.39, 0.29) is 0 Å². The van der Waals surface area contributed by atoms with Crippen LogP contribution in [0, 0.1) is 5.92 Å². The molecule has 1 fully saturated rings. The van der Waals surface area contributed by atoms with E-state index in [1.54, 1.807) is 0 Å². The quantitative estimate of drug-likeness (QED) is 0.640. The molecule has 15 heavy (non-hydrogen) atoms. The van der Waals surface area contributed by atoms with E-state index in [2.05, 4.69) is 29.0 Å². The number of likely N-dealkylation sites (N-methyl/N-ethyl adjacent to an activating group) is 1. The lowest BCUT2D eigenvalue weighted by Gasteiger charge is -2.26. The number of hydrogen-bond acceptors (Lipinski definition) is 2. The summed E-state index contributed by atoms with van der Waals surface area (Å²) in [5, 5.41) is 0. The first-order valence-corrected chi connectivity index (χ1v) is 6.40. The first kappa shape index (κ1) is 11.2. The molecule has 1 aliphatic heterocycles. The molecule has 0 aromatic carbocycles. The highest BCUT2D eigenvalue weighted by molar-refractivity contribution is 4.91. The van der Waals surface area contributed by atoms with Gasteiger partial charge in [-0.15, -0.1) is 0 Å². The zero-order valence-corrected chi connectivity index (χ0v) is 9.99. The molecule has 1 heterocycles. The Labute approximate surface area is 93.9 Å². The standard InChI is InChI=1S/C13H24N2/c1-14-8-5-9-15(11-10-14)12-13-6-3-2-4-7-13/h2-3,13H,4-12H2,1H3. The molecule has 2 nitrogen and oxygen atoms in total. The Morgan fingerprint density at radius 3 is 2.87 bits per heavy atom. The number of nitrogens with zero attached hydrogens (tertiary/aromatic N) is 2. The Morgan fingerprint density at radius 2 is 2.07 bits per heavy atom. The highest BCUT2D eigenvalue weighted by Crippen LogP contribution is 2.19. The van der Waals surface area contributed by atoms with Gasteiger partial charge in [0.15, 0.2) is 0 Å². The maximum atomic E-state index is 2.67. The molecule has 0 aromatic rings. The summed E-state index contributed by atoms with van der Waals surface area (Å²) in [5.41, 5.74) is 0. The van der Waals surface area contributed by atoms with Crippen molar-refractivity contribution in [1.29, 1.82) is 0 Å². The van der Waals surface area contributed by atoms with Gasteiger partial charge in [0.1, 0.15) is 0 Å². The van der Waals surface area contributed by atoms with Crippen molar-refractivity contribution in [3.05, 3.63) is 12.2 Å². The molecule has 0 N–H and O–H groups in total. The van der Waals surface area contributed by atoms with E-state index >= 15 is 0 Å². The van der Waals surface area contributed by atoms with Gasteiger partial charge in [-0.1, -0.05) is 12.2 Å². The van der Waals surface area contributed by atoms with Gasteiger partial charge >= 0.3 is 0 Å². The fraction of sp³-hybridized carbons (Fsp3) is 0.846. The molecule has 2 aliphatic rings. The lowest BCUT2D eigenvalue weighted by atomic mass is 9.94. The average molecular weight is 208 g/mol. The van der Waals surface area contributed by atoms with E-state index in [4.69, 9.17) is 0 Å². The van der Waals surface area contributed by atoms with Gasteiger partial charge in [0.25, 0.3) is 0 Å². The summed E-state index contributed by atoms with van der Waals surface area (Å²) in [6.45, 7) is 6.45. The Hall–Kier alpha value is -0.340. The minimum atomic E-state index is 0.929. The van der Waals surface area contributed by atoms with Crippen molar-refractivity contribution in [1.82, 2.24) is 9.80 Å². The number of hydrogen-bond donors (Lipinski definition) is 0. The van der Waals surface area contributed by atoms with Crippen molar-refractivity contribution in [2.24, 2.45) is 5.92 Å². The minimum Gasteiger partial charge on any atom is -0.305 e. The Balaban J connectivity index is 1.75. The maximum absolute atomic E-state index is 2.67. The van der Waals surface area contributed by atoms with Crippen LogP contribution in [0.2, 0.25) is 0 Å². The van der Waals surface area contributed by atoms with Crippen LogP contribution in [-0.4, -0.2) is 49.6 Å².